The van der Waals surface area contributed by atoms with E-state index in [9.17, 15) is 10.2 Å². The Balaban J connectivity index is 1.72. The highest BCUT2D eigenvalue weighted by Gasteiger charge is 2.35. The predicted octanol–water partition coefficient (Wildman–Crippen LogP) is 4.01. The molecule has 2 aliphatic rings. The molecule has 2 aromatic carbocycles. The van der Waals surface area contributed by atoms with Gasteiger partial charge in [-0.1, -0.05) is 30.7 Å². The molecule has 1 fully saturated rings. The highest BCUT2D eigenvalue weighted by atomic mass is 35.5. The Bertz CT molecular complexity index is 867. The molecule has 2 heterocycles. The first kappa shape index (κ1) is 20.5. The monoisotopic (exact) mass is 418 g/mol. The van der Waals surface area contributed by atoms with Crippen LogP contribution in [0, 0.1) is 0 Å². The first-order chi connectivity index (χ1) is 14.0. The Morgan fingerprint density at radius 1 is 1.21 bits per heavy atom. The van der Waals surface area contributed by atoms with Crippen LogP contribution in [0.25, 0.3) is 0 Å². The summed E-state index contributed by atoms with van der Waals surface area (Å²) in [6.07, 6.45) is 0.374. The molecule has 156 valence electrons. The number of rotatable bonds is 5. The molecule has 2 aromatic rings. The Kier molecular flexibility index (Phi) is 6.02. The van der Waals surface area contributed by atoms with Gasteiger partial charge in [-0.3, -0.25) is 0 Å². The minimum absolute atomic E-state index is 0.112. The van der Waals surface area contributed by atoms with Gasteiger partial charge in [0.25, 0.3) is 0 Å². The minimum Gasteiger partial charge on any atom is -0.497 e. The third-order valence-corrected chi connectivity index (χ3v) is 6.25. The van der Waals surface area contributed by atoms with Gasteiger partial charge in [-0.05, 0) is 35.7 Å². The van der Waals surface area contributed by atoms with Crippen LogP contribution in [-0.4, -0.2) is 42.7 Å². The van der Waals surface area contributed by atoms with Gasteiger partial charge in [0, 0.05) is 29.9 Å². The standard InChI is InChI=1S/C23H27ClO5/c1-13-12-28-23-19(20-10-16(26)9-18(11-25)29-20)8-15(22(24)21(13)23)7-14-3-5-17(27-2)6-4-14/h3-6,8,13,16,18,20,25-26H,7,9-12H2,1-2H3. The predicted molar refractivity (Wildman–Crippen MR) is 111 cm³/mol. The number of benzene rings is 2. The van der Waals surface area contributed by atoms with Gasteiger partial charge in [0.1, 0.15) is 11.5 Å². The van der Waals surface area contributed by atoms with Crippen molar-refractivity contribution in [2.24, 2.45) is 0 Å². The van der Waals surface area contributed by atoms with Crippen molar-refractivity contribution in [3.63, 3.8) is 0 Å². The van der Waals surface area contributed by atoms with Crippen LogP contribution in [0.2, 0.25) is 5.02 Å². The van der Waals surface area contributed by atoms with Gasteiger partial charge in [-0.15, -0.1) is 0 Å². The van der Waals surface area contributed by atoms with Crippen LogP contribution in [0.1, 0.15) is 54.0 Å². The molecular formula is C23H27ClO5. The minimum atomic E-state index is -0.513. The van der Waals surface area contributed by atoms with Crippen LogP contribution in [0.15, 0.2) is 30.3 Å². The fourth-order valence-electron chi connectivity index (χ4n) is 4.28. The molecule has 0 radical (unpaired) electrons. The van der Waals surface area contributed by atoms with Crippen molar-refractivity contribution in [1.29, 1.82) is 0 Å². The van der Waals surface area contributed by atoms with Crippen molar-refractivity contribution >= 4 is 11.6 Å². The van der Waals surface area contributed by atoms with Crippen molar-refractivity contribution in [3.8, 4) is 11.5 Å². The van der Waals surface area contributed by atoms with E-state index < -0.39 is 6.10 Å². The van der Waals surface area contributed by atoms with Crippen LogP contribution >= 0.6 is 11.6 Å². The zero-order valence-electron chi connectivity index (χ0n) is 16.7. The molecule has 0 aromatic heterocycles. The van der Waals surface area contributed by atoms with E-state index in [1.807, 2.05) is 30.3 Å². The molecule has 0 aliphatic carbocycles. The lowest BCUT2D eigenvalue weighted by atomic mass is 9.89. The zero-order chi connectivity index (χ0) is 20.5. The smallest absolute Gasteiger partial charge is 0.130 e. The second-order valence-corrected chi connectivity index (χ2v) is 8.35. The number of methoxy groups -OCH3 is 1. The van der Waals surface area contributed by atoms with Crippen molar-refractivity contribution in [1.82, 2.24) is 0 Å². The van der Waals surface area contributed by atoms with E-state index in [1.54, 1.807) is 7.11 Å². The maximum Gasteiger partial charge on any atom is 0.130 e. The summed E-state index contributed by atoms with van der Waals surface area (Å²) in [5.41, 5.74) is 4.06. The maximum atomic E-state index is 10.3. The number of hydrogen-bond donors (Lipinski definition) is 2. The molecule has 0 saturated carbocycles. The molecule has 0 spiro atoms. The molecule has 0 amide bonds. The van der Waals surface area contributed by atoms with E-state index in [4.69, 9.17) is 25.8 Å². The Morgan fingerprint density at radius 2 is 1.97 bits per heavy atom. The fraction of sp³-hybridized carbons (Fsp3) is 0.478. The summed E-state index contributed by atoms with van der Waals surface area (Å²) in [7, 11) is 1.65. The van der Waals surface area contributed by atoms with Gasteiger partial charge in [0.15, 0.2) is 0 Å². The van der Waals surface area contributed by atoms with Crippen molar-refractivity contribution in [3.05, 3.63) is 57.6 Å². The number of halogens is 1. The van der Waals surface area contributed by atoms with E-state index in [2.05, 4.69) is 6.92 Å². The summed E-state index contributed by atoms with van der Waals surface area (Å²) in [5.74, 6) is 1.78. The second-order valence-electron chi connectivity index (χ2n) is 7.97. The number of fused-ring (bicyclic) bond motifs is 1. The van der Waals surface area contributed by atoms with E-state index in [0.29, 0.717) is 25.9 Å². The first-order valence-electron chi connectivity index (χ1n) is 10.0. The molecule has 29 heavy (non-hydrogen) atoms. The van der Waals surface area contributed by atoms with Crippen LogP contribution in [0.3, 0.4) is 0 Å². The third kappa shape index (κ3) is 4.10. The van der Waals surface area contributed by atoms with Gasteiger partial charge >= 0.3 is 0 Å². The van der Waals surface area contributed by atoms with Gasteiger partial charge in [0.05, 0.1) is 43.7 Å². The van der Waals surface area contributed by atoms with Gasteiger partial charge in [0.2, 0.25) is 0 Å². The summed E-state index contributed by atoms with van der Waals surface area (Å²) in [5, 5.41) is 20.6. The van der Waals surface area contributed by atoms with Gasteiger partial charge in [-0.25, -0.2) is 0 Å². The van der Waals surface area contributed by atoms with E-state index in [1.165, 1.54) is 0 Å². The molecule has 0 bridgehead atoms. The largest absolute Gasteiger partial charge is 0.497 e. The lowest BCUT2D eigenvalue weighted by Gasteiger charge is -2.33. The third-order valence-electron chi connectivity index (χ3n) is 5.81. The highest BCUT2D eigenvalue weighted by Crippen LogP contribution is 2.48. The van der Waals surface area contributed by atoms with E-state index in [0.717, 1.165) is 38.8 Å². The Morgan fingerprint density at radius 3 is 2.66 bits per heavy atom. The molecule has 6 heteroatoms. The molecule has 4 atom stereocenters. The second kappa shape index (κ2) is 8.52. The van der Waals surface area contributed by atoms with Crippen LogP contribution in [-0.2, 0) is 11.2 Å². The van der Waals surface area contributed by atoms with E-state index in [-0.39, 0.29) is 24.7 Å². The molecule has 4 unspecified atom stereocenters. The average Bonchev–Trinajstić information content (AvgIpc) is 3.12. The van der Waals surface area contributed by atoms with Gasteiger partial charge < -0.3 is 24.4 Å². The van der Waals surface area contributed by atoms with Crippen LogP contribution in [0.5, 0.6) is 11.5 Å². The topological polar surface area (TPSA) is 68.2 Å². The Labute approximate surface area is 176 Å². The molecule has 5 nitrogen and oxygen atoms in total. The summed E-state index contributed by atoms with van der Waals surface area (Å²) >= 11 is 6.82. The summed E-state index contributed by atoms with van der Waals surface area (Å²) in [4.78, 5) is 0. The molecular weight excluding hydrogens is 392 g/mol. The average molecular weight is 419 g/mol. The molecule has 2 N–H and O–H groups in total. The zero-order valence-corrected chi connectivity index (χ0v) is 17.5. The summed E-state index contributed by atoms with van der Waals surface area (Å²) in [6, 6.07) is 9.99. The summed E-state index contributed by atoms with van der Waals surface area (Å²) < 4.78 is 17.3. The molecule has 4 rings (SSSR count). The van der Waals surface area contributed by atoms with Crippen LogP contribution in [0.4, 0.5) is 0 Å². The van der Waals surface area contributed by atoms with E-state index >= 15 is 0 Å². The van der Waals surface area contributed by atoms with Crippen molar-refractivity contribution < 1.29 is 24.4 Å². The van der Waals surface area contributed by atoms with Crippen molar-refractivity contribution in [2.45, 2.75) is 50.4 Å². The van der Waals surface area contributed by atoms with Crippen molar-refractivity contribution in [2.75, 3.05) is 20.3 Å². The Hall–Kier alpha value is -1.79. The molecule has 1 saturated heterocycles. The summed E-state index contributed by atoms with van der Waals surface area (Å²) in [6.45, 7) is 2.57. The van der Waals surface area contributed by atoms with Crippen LogP contribution < -0.4 is 9.47 Å². The highest BCUT2D eigenvalue weighted by molar-refractivity contribution is 6.32. The maximum absolute atomic E-state index is 10.3. The first-order valence-corrected chi connectivity index (χ1v) is 10.4. The number of hydrogen-bond acceptors (Lipinski definition) is 5. The fourth-order valence-corrected chi connectivity index (χ4v) is 4.67. The number of aliphatic hydroxyl groups excluding tert-OH is 2. The number of ether oxygens (including phenoxy) is 3. The number of aliphatic hydroxyl groups is 2. The normalized spacial score (nSPS) is 26.1. The SMILES string of the molecule is COc1ccc(Cc2cc(C3CC(O)CC(CO)O3)c3c(c2Cl)C(C)CO3)cc1. The van der Waals surface area contributed by atoms with Gasteiger partial charge in [-0.2, -0.15) is 0 Å². The lowest BCUT2D eigenvalue weighted by Crippen LogP contribution is -2.33. The quantitative estimate of drug-likeness (QED) is 0.767. The lowest BCUT2D eigenvalue weighted by molar-refractivity contribution is -0.114. The molecule has 2 aliphatic heterocycles.